The van der Waals surface area contributed by atoms with Gasteiger partial charge in [0, 0.05) is 28.6 Å². The van der Waals surface area contributed by atoms with Crippen molar-refractivity contribution < 1.29 is 4.39 Å². The van der Waals surface area contributed by atoms with Crippen molar-refractivity contribution >= 4 is 11.6 Å². The minimum atomic E-state index is -0.791. The first-order valence-corrected chi connectivity index (χ1v) is 5.15. The van der Waals surface area contributed by atoms with E-state index >= 15 is 0 Å². The average Bonchev–Trinajstić information content (AvgIpc) is 2.31. The summed E-state index contributed by atoms with van der Waals surface area (Å²) in [6.07, 6.45) is 0. The fourth-order valence-electron chi connectivity index (χ4n) is 1.26. The SMILES string of the molecule is N#CC(NCCN=[N+]=[N-])c1ccc(Cl)cc1F. The van der Waals surface area contributed by atoms with Gasteiger partial charge in [-0.3, -0.25) is 5.32 Å². The molecule has 1 N–H and O–H groups in total. The van der Waals surface area contributed by atoms with Gasteiger partial charge in [-0.25, -0.2) is 4.39 Å². The van der Waals surface area contributed by atoms with Gasteiger partial charge in [0.25, 0.3) is 0 Å². The predicted octanol–water partition coefficient (Wildman–Crippen LogP) is 2.94. The fraction of sp³-hybridized carbons (Fsp3) is 0.300. The molecule has 1 rings (SSSR count). The minimum absolute atomic E-state index is 0.198. The lowest BCUT2D eigenvalue weighted by Crippen LogP contribution is -2.23. The molecule has 0 spiro atoms. The summed E-state index contributed by atoms with van der Waals surface area (Å²) in [6.45, 7) is 0.494. The normalized spacial score (nSPS) is 11.4. The summed E-state index contributed by atoms with van der Waals surface area (Å²) in [5.74, 6) is -0.541. The van der Waals surface area contributed by atoms with E-state index in [1.165, 1.54) is 12.1 Å². The summed E-state index contributed by atoms with van der Waals surface area (Å²) in [4.78, 5) is 2.57. The lowest BCUT2D eigenvalue weighted by molar-refractivity contribution is 0.565. The first-order chi connectivity index (χ1) is 8.19. The van der Waals surface area contributed by atoms with E-state index in [-0.39, 0.29) is 17.1 Å². The van der Waals surface area contributed by atoms with Crippen LogP contribution in [0.1, 0.15) is 11.6 Å². The van der Waals surface area contributed by atoms with Crippen LogP contribution in [0.2, 0.25) is 5.02 Å². The van der Waals surface area contributed by atoms with Gasteiger partial charge in [-0.15, -0.1) is 0 Å². The topological polar surface area (TPSA) is 84.6 Å². The molecule has 7 heteroatoms. The van der Waals surface area contributed by atoms with Gasteiger partial charge in [0.2, 0.25) is 0 Å². The van der Waals surface area contributed by atoms with Gasteiger partial charge in [0.05, 0.1) is 6.07 Å². The molecule has 0 radical (unpaired) electrons. The maximum atomic E-state index is 13.5. The van der Waals surface area contributed by atoms with Crippen molar-refractivity contribution in [1.29, 1.82) is 5.26 Å². The quantitative estimate of drug-likeness (QED) is 0.379. The Morgan fingerprint density at radius 2 is 2.41 bits per heavy atom. The van der Waals surface area contributed by atoms with Crippen LogP contribution in [0.15, 0.2) is 23.3 Å². The Hall–Kier alpha value is -1.80. The van der Waals surface area contributed by atoms with Crippen LogP contribution in [0.5, 0.6) is 0 Å². The molecule has 1 aromatic carbocycles. The first-order valence-electron chi connectivity index (χ1n) is 4.78. The second-order valence-electron chi connectivity index (χ2n) is 3.14. The van der Waals surface area contributed by atoms with Crippen LogP contribution >= 0.6 is 11.6 Å². The fourth-order valence-corrected chi connectivity index (χ4v) is 1.42. The number of hydrogen-bond acceptors (Lipinski definition) is 3. The molecule has 0 aromatic heterocycles. The molecule has 1 unspecified atom stereocenters. The molecule has 0 amide bonds. The van der Waals surface area contributed by atoms with Crippen molar-refractivity contribution in [2.75, 3.05) is 13.1 Å². The van der Waals surface area contributed by atoms with E-state index in [0.717, 1.165) is 6.07 Å². The van der Waals surface area contributed by atoms with E-state index in [1.54, 1.807) is 0 Å². The van der Waals surface area contributed by atoms with Crippen molar-refractivity contribution in [2.24, 2.45) is 5.11 Å². The van der Waals surface area contributed by atoms with Gasteiger partial charge < -0.3 is 0 Å². The van der Waals surface area contributed by atoms with E-state index in [2.05, 4.69) is 15.3 Å². The van der Waals surface area contributed by atoms with E-state index in [0.29, 0.717) is 6.54 Å². The van der Waals surface area contributed by atoms with Gasteiger partial charge >= 0.3 is 0 Å². The third kappa shape index (κ3) is 3.93. The molecule has 0 aliphatic carbocycles. The van der Waals surface area contributed by atoms with Gasteiger partial charge in [0.1, 0.15) is 11.9 Å². The standard InChI is InChI=1S/C10H9ClFN5/c11-7-1-2-8(9(12)5-7)10(6-13)15-3-4-16-17-14/h1-2,5,10,15H,3-4H2. The summed E-state index contributed by atoms with van der Waals surface area (Å²) < 4.78 is 13.5. The number of hydrogen-bond donors (Lipinski definition) is 1. The van der Waals surface area contributed by atoms with Gasteiger partial charge in [-0.2, -0.15) is 5.26 Å². The summed E-state index contributed by atoms with van der Waals surface area (Å²) in [5.41, 5.74) is 8.29. The second kappa shape index (κ2) is 6.71. The van der Waals surface area contributed by atoms with Crippen molar-refractivity contribution in [3.05, 3.63) is 45.0 Å². The highest BCUT2D eigenvalue weighted by Crippen LogP contribution is 2.20. The van der Waals surface area contributed by atoms with E-state index in [9.17, 15) is 4.39 Å². The summed E-state index contributed by atoms with van der Waals surface area (Å²) in [7, 11) is 0. The highest BCUT2D eigenvalue weighted by atomic mass is 35.5. The molecule has 1 aromatic rings. The lowest BCUT2D eigenvalue weighted by Gasteiger charge is -2.11. The zero-order chi connectivity index (χ0) is 12.7. The number of benzene rings is 1. The van der Waals surface area contributed by atoms with Crippen LogP contribution < -0.4 is 5.32 Å². The number of nitrogens with zero attached hydrogens (tertiary/aromatic N) is 4. The Bertz CT molecular complexity index is 478. The Morgan fingerprint density at radius 3 is 3.00 bits per heavy atom. The third-order valence-electron chi connectivity index (χ3n) is 2.03. The smallest absolute Gasteiger partial charge is 0.130 e. The van der Waals surface area contributed by atoms with Crippen molar-refractivity contribution in [3.63, 3.8) is 0 Å². The number of rotatable bonds is 5. The van der Waals surface area contributed by atoms with Crippen LogP contribution in [0.3, 0.4) is 0 Å². The highest BCUT2D eigenvalue weighted by molar-refractivity contribution is 6.30. The molecular formula is C10H9ClFN5. The Kier molecular flexibility index (Phi) is 5.24. The van der Waals surface area contributed by atoms with Crippen LogP contribution in [0, 0.1) is 17.1 Å². The Morgan fingerprint density at radius 1 is 1.65 bits per heavy atom. The number of nitriles is 1. The number of halogens is 2. The average molecular weight is 254 g/mol. The van der Waals surface area contributed by atoms with Crippen molar-refractivity contribution in [1.82, 2.24) is 5.32 Å². The summed E-state index contributed by atoms with van der Waals surface area (Å²) >= 11 is 5.61. The van der Waals surface area contributed by atoms with Crippen molar-refractivity contribution in [3.8, 4) is 6.07 Å². The molecule has 88 valence electrons. The summed E-state index contributed by atoms with van der Waals surface area (Å²) in [6, 6.07) is 5.25. The van der Waals surface area contributed by atoms with E-state index in [4.69, 9.17) is 22.4 Å². The third-order valence-corrected chi connectivity index (χ3v) is 2.26. The maximum Gasteiger partial charge on any atom is 0.130 e. The molecule has 0 saturated carbocycles. The van der Waals surface area contributed by atoms with E-state index < -0.39 is 11.9 Å². The zero-order valence-corrected chi connectivity index (χ0v) is 9.52. The highest BCUT2D eigenvalue weighted by Gasteiger charge is 2.14. The minimum Gasteiger partial charge on any atom is -0.298 e. The molecule has 0 fully saturated rings. The van der Waals surface area contributed by atoms with Gasteiger partial charge in [-0.1, -0.05) is 22.8 Å². The van der Waals surface area contributed by atoms with Crippen LogP contribution in [0.4, 0.5) is 4.39 Å². The summed E-state index contributed by atoms with van der Waals surface area (Å²) in [5, 5.41) is 15.3. The molecule has 0 aliphatic rings. The molecule has 17 heavy (non-hydrogen) atoms. The van der Waals surface area contributed by atoms with Crippen LogP contribution in [-0.4, -0.2) is 13.1 Å². The van der Waals surface area contributed by atoms with Crippen LogP contribution in [0.25, 0.3) is 10.4 Å². The largest absolute Gasteiger partial charge is 0.298 e. The van der Waals surface area contributed by atoms with Gasteiger partial charge in [-0.05, 0) is 17.7 Å². The monoisotopic (exact) mass is 253 g/mol. The molecule has 0 heterocycles. The molecule has 0 aliphatic heterocycles. The Balaban J connectivity index is 2.73. The predicted molar refractivity (Wildman–Crippen MR) is 61.8 cm³/mol. The molecule has 5 nitrogen and oxygen atoms in total. The molecule has 1 atom stereocenters. The number of azide groups is 1. The van der Waals surface area contributed by atoms with Crippen molar-refractivity contribution in [2.45, 2.75) is 6.04 Å². The van der Waals surface area contributed by atoms with Gasteiger partial charge in [0.15, 0.2) is 0 Å². The lowest BCUT2D eigenvalue weighted by atomic mass is 10.1. The molecule has 0 saturated heterocycles. The second-order valence-corrected chi connectivity index (χ2v) is 3.57. The van der Waals surface area contributed by atoms with E-state index in [1.807, 2.05) is 6.07 Å². The number of nitrogens with one attached hydrogen (secondary N) is 1. The molecule has 0 bridgehead atoms. The Labute approximate surface area is 102 Å². The zero-order valence-electron chi connectivity index (χ0n) is 8.77. The first kappa shape index (κ1) is 13.3. The van der Waals surface area contributed by atoms with Crippen LogP contribution in [-0.2, 0) is 0 Å². The maximum absolute atomic E-state index is 13.5. The molecular weight excluding hydrogens is 245 g/mol.